The number of nitrogens with zero attached hydrogens (tertiary/aromatic N) is 1. The first-order valence-electron chi connectivity index (χ1n) is 7.00. The van der Waals surface area contributed by atoms with E-state index in [2.05, 4.69) is 10.0 Å². The summed E-state index contributed by atoms with van der Waals surface area (Å²) in [6.45, 7) is 3.35. The van der Waals surface area contributed by atoms with E-state index in [1.807, 2.05) is 37.3 Å². The fraction of sp³-hybridized carbons (Fsp3) is 0.571. The Labute approximate surface area is 121 Å². The first-order chi connectivity index (χ1) is 9.49. The van der Waals surface area contributed by atoms with Gasteiger partial charge in [-0.1, -0.05) is 30.3 Å². The average Bonchev–Trinajstić information content (AvgIpc) is 2.42. The van der Waals surface area contributed by atoms with Crippen molar-refractivity contribution in [2.75, 3.05) is 13.6 Å². The minimum Gasteiger partial charge on any atom is -0.313 e. The van der Waals surface area contributed by atoms with Crippen LogP contribution in [0.4, 0.5) is 0 Å². The van der Waals surface area contributed by atoms with Crippen LogP contribution in [-0.2, 0) is 16.8 Å². The first-order valence-corrected chi connectivity index (χ1v) is 8.44. The summed E-state index contributed by atoms with van der Waals surface area (Å²) in [6.07, 6.45) is 1.88. The lowest BCUT2D eigenvalue weighted by Gasteiger charge is -2.31. The predicted octanol–water partition coefficient (Wildman–Crippen LogP) is 1.09. The van der Waals surface area contributed by atoms with Gasteiger partial charge in [0.25, 0.3) is 10.2 Å². The van der Waals surface area contributed by atoms with Crippen LogP contribution in [-0.4, -0.2) is 38.4 Å². The van der Waals surface area contributed by atoms with E-state index in [9.17, 15) is 8.42 Å². The Morgan fingerprint density at radius 1 is 1.35 bits per heavy atom. The van der Waals surface area contributed by atoms with Crippen molar-refractivity contribution >= 4 is 10.2 Å². The van der Waals surface area contributed by atoms with E-state index < -0.39 is 10.2 Å². The average molecular weight is 297 g/mol. The van der Waals surface area contributed by atoms with Gasteiger partial charge < -0.3 is 5.32 Å². The molecule has 0 aromatic heterocycles. The monoisotopic (exact) mass is 297 g/mol. The lowest BCUT2D eigenvalue weighted by Crippen LogP contribution is -2.54. The molecule has 6 heteroatoms. The van der Waals surface area contributed by atoms with Gasteiger partial charge >= 0.3 is 0 Å². The van der Waals surface area contributed by atoms with E-state index in [1.165, 1.54) is 4.31 Å². The van der Waals surface area contributed by atoms with Crippen molar-refractivity contribution in [1.29, 1.82) is 0 Å². The van der Waals surface area contributed by atoms with Gasteiger partial charge in [0.15, 0.2) is 0 Å². The molecule has 112 valence electrons. The third-order valence-electron chi connectivity index (χ3n) is 3.72. The standard InChI is InChI=1S/C14H23N3O2S/c1-12-14(9-6-10-15-12)16-20(18,19)17(2)11-13-7-4-3-5-8-13/h3-5,7-8,12,14-16H,6,9-11H2,1-2H3. The number of piperidine rings is 1. The van der Waals surface area contributed by atoms with Crippen LogP contribution < -0.4 is 10.0 Å². The summed E-state index contributed by atoms with van der Waals surface area (Å²) >= 11 is 0. The Morgan fingerprint density at radius 3 is 2.70 bits per heavy atom. The minimum atomic E-state index is -3.45. The van der Waals surface area contributed by atoms with Crippen molar-refractivity contribution < 1.29 is 8.42 Å². The van der Waals surface area contributed by atoms with Crippen LogP contribution in [0.2, 0.25) is 0 Å². The molecular weight excluding hydrogens is 274 g/mol. The third-order valence-corrected chi connectivity index (χ3v) is 5.27. The van der Waals surface area contributed by atoms with Gasteiger partial charge in [0.1, 0.15) is 0 Å². The second-order valence-corrected chi connectivity index (χ2v) is 7.17. The summed E-state index contributed by atoms with van der Waals surface area (Å²) in [5.74, 6) is 0. The van der Waals surface area contributed by atoms with E-state index in [4.69, 9.17) is 0 Å². The van der Waals surface area contributed by atoms with Gasteiger partial charge in [0.2, 0.25) is 0 Å². The molecule has 2 atom stereocenters. The molecule has 2 unspecified atom stereocenters. The summed E-state index contributed by atoms with van der Waals surface area (Å²) in [5.41, 5.74) is 0.982. The maximum Gasteiger partial charge on any atom is 0.279 e. The molecule has 0 amide bonds. The molecular formula is C14H23N3O2S. The van der Waals surface area contributed by atoms with Crippen LogP contribution in [0.15, 0.2) is 30.3 Å². The summed E-state index contributed by atoms with van der Waals surface area (Å²) in [5, 5.41) is 3.30. The zero-order chi connectivity index (χ0) is 14.6. The van der Waals surface area contributed by atoms with Crippen molar-refractivity contribution in [2.45, 2.75) is 38.4 Å². The third kappa shape index (κ3) is 4.02. The topological polar surface area (TPSA) is 61.4 Å². The van der Waals surface area contributed by atoms with Gasteiger partial charge in [-0.15, -0.1) is 0 Å². The van der Waals surface area contributed by atoms with Crippen LogP contribution in [0, 0.1) is 0 Å². The van der Waals surface area contributed by atoms with Crippen molar-refractivity contribution in [3.05, 3.63) is 35.9 Å². The van der Waals surface area contributed by atoms with Gasteiger partial charge in [0, 0.05) is 25.7 Å². The first kappa shape index (κ1) is 15.4. The van der Waals surface area contributed by atoms with Gasteiger partial charge in [0.05, 0.1) is 0 Å². The smallest absolute Gasteiger partial charge is 0.279 e. The highest BCUT2D eigenvalue weighted by Crippen LogP contribution is 2.12. The molecule has 1 aliphatic rings. The van der Waals surface area contributed by atoms with Gasteiger partial charge in [-0.3, -0.25) is 0 Å². The molecule has 1 aromatic carbocycles. The SMILES string of the molecule is CC1NCCCC1NS(=O)(=O)N(C)Cc1ccccc1. The highest BCUT2D eigenvalue weighted by atomic mass is 32.2. The number of hydrogen-bond acceptors (Lipinski definition) is 3. The summed E-state index contributed by atoms with van der Waals surface area (Å²) in [6, 6.07) is 9.74. The summed E-state index contributed by atoms with van der Waals surface area (Å²) < 4.78 is 28.8. The maximum atomic E-state index is 12.3. The largest absolute Gasteiger partial charge is 0.313 e. The van der Waals surface area contributed by atoms with E-state index in [0.717, 1.165) is 24.9 Å². The molecule has 0 bridgehead atoms. The van der Waals surface area contributed by atoms with Gasteiger partial charge in [-0.25, -0.2) is 0 Å². The van der Waals surface area contributed by atoms with Crippen molar-refractivity contribution in [2.24, 2.45) is 0 Å². The van der Waals surface area contributed by atoms with Crippen molar-refractivity contribution in [3.8, 4) is 0 Å². The number of hydrogen-bond donors (Lipinski definition) is 2. The van der Waals surface area contributed by atoms with Gasteiger partial charge in [-0.2, -0.15) is 17.4 Å². The lowest BCUT2D eigenvalue weighted by atomic mass is 10.0. The highest BCUT2D eigenvalue weighted by Gasteiger charge is 2.27. The zero-order valence-corrected chi connectivity index (χ0v) is 12.9. The molecule has 0 radical (unpaired) electrons. The zero-order valence-electron chi connectivity index (χ0n) is 12.0. The maximum absolute atomic E-state index is 12.3. The molecule has 1 aliphatic heterocycles. The molecule has 1 fully saturated rings. The summed E-state index contributed by atoms with van der Waals surface area (Å²) in [7, 11) is -1.84. The molecule has 1 aromatic rings. The Morgan fingerprint density at radius 2 is 2.05 bits per heavy atom. The molecule has 0 saturated carbocycles. The fourth-order valence-corrected chi connectivity index (χ4v) is 3.62. The molecule has 5 nitrogen and oxygen atoms in total. The highest BCUT2D eigenvalue weighted by molar-refractivity contribution is 7.87. The van der Waals surface area contributed by atoms with E-state index in [1.54, 1.807) is 7.05 Å². The van der Waals surface area contributed by atoms with Gasteiger partial charge in [-0.05, 0) is 31.9 Å². The Hall–Kier alpha value is -0.950. The second kappa shape index (κ2) is 6.67. The van der Waals surface area contributed by atoms with Crippen LogP contribution in [0.25, 0.3) is 0 Å². The molecule has 1 heterocycles. The van der Waals surface area contributed by atoms with Crippen LogP contribution in [0.1, 0.15) is 25.3 Å². The van der Waals surface area contributed by atoms with Crippen molar-refractivity contribution in [1.82, 2.24) is 14.3 Å². The predicted molar refractivity (Wildman–Crippen MR) is 80.5 cm³/mol. The quantitative estimate of drug-likeness (QED) is 0.855. The minimum absolute atomic E-state index is 0.0352. The molecule has 1 saturated heterocycles. The Balaban J connectivity index is 1.98. The van der Waals surface area contributed by atoms with E-state index >= 15 is 0 Å². The lowest BCUT2D eigenvalue weighted by molar-refractivity contribution is 0.339. The van der Waals surface area contributed by atoms with Crippen molar-refractivity contribution in [3.63, 3.8) is 0 Å². The van der Waals surface area contributed by atoms with Crippen LogP contribution in [0.5, 0.6) is 0 Å². The van der Waals surface area contributed by atoms with E-state index in [-0.39, 0.29) is 12.1 Å². The number of benzene rings is 1. The molecule has 2 rings (SSSR count). The summed E-state index contributed by atoms with van der Waals surface area (Å²) in [4.78, 5) is 0. The van der Waals surface area contributed by atoms with Crippen LogP contribution in [0.3, 0.4) is 0 Å². The Kier molecular flexibility index (Phi) is 5.15. The molecule has 0 spiro atoms. The second-order valence-electron chi connectivity index (χ2n) is 5.36. The normalized spacial score (nSPS) is 23.9. The van der Waals surface area contributed by atoms with E-state index in [0.29, 0.717) is 6.54 Å². The molecule has 20 heavy (non-hydrogen) atoms. The molecule has 0 aliphatic carbocycles. The number of rotatable bonds is 5. The Bertz CT molecular complexity index is 518. The number of nitrogens with one attached hydrogen (secondary N) is 2. The molecule has 2 N–H and O–H groups in total. The van der Waals surface area contributed by atoms with Crippen LogP contribution >= 0.6 is 0 Å². The fourth-order valence-electron chi connectivity index (χ4n) is 2.41.